The summed E-state index contributed by atoms with van der Waals surface area (Å²) in [5.74, 6) is -0.845. The molecule has 1 aromatic carbocycles. The molecule has 5 heteroatoms. The Morgan fingerprint density at radius 2 is 2.26 bits per heavy atom. The lowest BCUT2D eigenvalue weighted by Gasteiger charge is -2.10. The number of amides is 1. The molecule has 106 valence electrons. The van der Waals surface area contributed by atoms with Crippen molar-refractivity contribution in [2.24, 2.45) is 0 Å². The van der Waals surface area contributed by atoms with Crippen LogP contribution in [0.25, 0.3) is 0 Å². The molecule has 0 aromatic heterocycles. The lowest BCUT2D eigenvalue weighted by Crippen LogP contribution is -2.29. The Balaban J connectivity index is 2.47. The summed E-state index contributed by atoms with van der Waals surface area (Å²) < 4.78 is 18.7. The minimum atomic E-state index is -0.735. The van der Waals surface area contributed by atoms with Crippen molar-refractivity contribution in [2.45, 2.75) is 32.8 Å². The van der Waals surface area contributed by atoms with Gasteiger partial charge in [0.1, 0.15) is 0 Å². The van der Waals surface area contributed by atoms with E-state index >= 15 is 0 Å². The fraction of sp³-hybridized carbons (Fsp3) is 0.500. The second-order valence-electron chi connectivity index (χ2n) is 4.36. The summed E-state index contributed by atoms with van der Waals surface area (Å²) in [7, 11) is 0. The predicted octanol–water partition coefficient (Wildman–Crippen LogP) is 2.17. The van der Waals surface area contributed by atoms with Gasteiger partial charge >= 0.3 is 0 Å². The van der Waals surface area contributed by atoms with Crippen LogP contribution in [-0.2, 0) is 4.79 Å². The third kappa shape index (κ3) is 5.26. The number of aliphatic hydroxyl groups excluding tert-OH is 1. The number of ether oxygens (including phenoxy) is 1. The summed E-state index contributed by atoms with van der Waals surface area (Å²) in [5.41, 5.74) is 0.470. The van der Waals surface area contributed by atoms with Crippen LogP contribution in [0, 0.1) is 5.82 Å². The van der Waals surface area contributed by atoms with Crippen LogP contribution >= 0.6 is 0 Å². The maximum Gasteiger partial charge on any atom is 0.257 e. The van der Waals surface area contributed by atoms with Crippen molar-refractivity contribution < 1.29 is 19.0 Å². The first kappa shape index (κ1) is 15.4. The molecule has 1 aromatic rings. The van der Waals surface area contributed by atoms with E-state index in [1.54, 1.807) is 13.0 Å². The molecule has 0 aliphatic carbocycles. The largest absolute Gasteiger partial charge is 0.481 e. The van der Waals surface area contributed by atoms with E-state index in [9.17, 15) is 14.3 Å². The van der Waals surface area contributed by atoms with Crippen LogP contribution < -0.4 is 10.1 Å². The number of hydrogen-bond acceptors (Lipinski definition) is 3. The number of halogens is 1. The molecule has 0 saturated heterocycles. The lowest BCUT2D eigenvalue weighted by molar-refractivity contribution is -0.123. The maximum absolute atomic E-state index is 13.6. The number of nitrogens with one attached hydrogen (secondary N) is 1. The molecule has 0 aliphatic rings. The van der Waals surface area contributed by atoms with Crippen molar-refractivity contribution in [1.29, 1.82) is 0 Å². The van der Waals surface area contributed by atoms with Crippen LogP contribution in [-0.4, -0.2) is 24.2 Å². The van der Waals surface area contributed by atoms with E-state index in [-0.39, 0.29) is 18.3 Å². The topological polar surface area (TPSA) is 58.6 Å². The van der Waals surface area contributed by atoms with Gasteiger partial charge in [-0.2, -0.15) is 0 Å². The van der Waals surface area contributed by atoms with E-state index in [1.165, 1.54) is 12.1 Å². The van der Waals surface area contributed by atoms with Crippen LogP contribution in [0.2, 0.25) is 0 Å². The van der Waals surface area contributed by atoms with Gasteiger partial charge < -0.3 is 15.2 Å². The first-order chi connectivity index (χ1) is 9.04. The molecule has 4 nitrogen and oxygen atoms in total. The highest BCUT2D eigenvalue weighted by Gasteiger charge is 2.09. The first-order valence-electron chi connectivity index (χ1n) is 6.41. The van der Waals surface area contributed by atoms with Gasteiger partial charge in [-0.25, -0.2) is 4.39 Å². The SMILES string of the molecule is CCCCNC(=O)COc1ccc([C@H](C)O)cc1F. The smallest absolute Gasteiger partial charge is 0.257 e. The Hall–Kier alpha value is -1.62. The molecule has 1 rings (SSSR count). The molecule has 2 N–H and O–H groups in total. The zero-order valence-electron chi connectivity index (χ0n) is 11.3. The average Bonchev–Trinajstić information content (AvgIpc) is 2.37. The van der Waals surface area contributed by atoms with E-state index in [2.05, 4.69) is 5.32 Å². The normalized spacial score (nSPS) is 12.0. The van der Waals surface area contributed by atoms with Crippen molar-refractivity contribution >= 4 is 5.91 Å². The number of carbonyl (C=O) groups is 1. The summed E-state index contributed by atoms with van der Waals surface area (Å²) in [5, 5.41) is 12.0. The molecule has 0 fully saturated rings. The summed E-state index contributed by atoms with van der Waals surface area (Å²) in [4.78, 5) is 11.4. The first-order valence-corrected chi connectivity index (χ1v) is 6.41. The van der Waals surface area contributed by atoms with Gasteiger partial charge in [0, 0.05) is 6.54 Å². The molecule has 1 atom stereocenters. The minimum absolute atomic E-state index is 0.00930. The molecule has 19 heavy (non-hydrogen) atoms. The Kier molecular flexibility index (Phi) is 6.29. The Labute approximate surface area is 112 Å². The van der Waals surface area contributed by atoms with Gasteiger partial charge in [0.25, 0.3) is 5.91 Å². The number of benzene rings is 1. The standard InChI is InChI=1S/C14H20FNO3/c1-3-4-7-16-14(18)9-19-13-6-5-11(10(2)17)8-12(13)15/h5-6,8,10,17H,3-4,7,9H2,1-2H3,(H,16,18)/t10-/m0/s1. The third-order valence-electron chi connectivity index (χ3n) is 2.65. The molecule has 0 spiro atoms. The van der Waals surface area contributed by atoms with Crippen molar-refractivity contribution in [3.63, 3.8) is 0 Å². The summed E-state index contributed by atoms with van der Waals surface area (Å²) in [6.45, 7) is 3.97. The van der Waals surface area contributed by atoms with E-state index in [4.69, 9.17) is 4.74 Å². The maximum atomic E-state index is 13.6. The van der Waals surface area contributed by atoms with Crippen LogP contribution in [0.5, 0.6) is 5.75 Å². The van der Waals surface area contributed by atoms with Crippen LogP contribution in [0.1, 0.15) is 38.4 Å². The van der Waals surface area contributed by atoms with E-state index < -0.39 is 11.9 Å². The molecule has 0 radical (unpaired) electrons. The predicted molar refractivity (Wildman–Crippen MR) is 70.4 cm³/mol. The average molecular weight is 269 g/mol. The number of rotatable bonds is 7. The summed E-state index contributed by atoms with van der Waals surface area (Å²) in [6, 6.07) is 4.18. The van der Waals surface area contributed by atoms with Gasteiger partial charge in [-0.3, -0.25) is 4.79 Å². The quantitative estimate of drug-likeness (QED) is 0.746. The highest BCUT2D eigenvalue weighted by atomic mass is 19.1. The molecule has 0 saturated carbocycles. The molecule has 0 bridgehead atoms. The van der Waals surface area contributed by atoms with E-state index in [1.807, 2.05) is 6.92 Å². The molecule has 1 amide bonds. The molecule has 0 aliphatic heterocycles. The van der Waals surface area contributed by atoms with Crippen molar-refractivity contribution in [2.75, 3.05) is 13.2 Å². The van der Waals surface area contributed by atoms with Gasteiger partial charge in [-0.15, -0.1) is 0 Å². The van der Waals surface area contributed by atoms with Crippen molar-refractivity contribution in [1.82, 2.24) is 5.32 Å². The van der Waals surface area contributed by atoms with Crippen LogP contribution in [0.15, 0.2) is 18.2 Å². The Morgan fingerprint density at radius 3 is 2.84 bits per heavy atom. The fourth-order valence-corrected chi connectivity index (χ4v) is 1.49. The molecule has 0 unspecified atom stereocenters. The van der Waals surface area contributed by atoms with Crippen molar-refractivity contribution in [3.8, 4) is 5.75 Å². The second kappa shape index (κ2) is 7.74. The van der Waals surface area contributed by atoms with Crippen LogP contribution in [0.4, 0.5) is 4.39 Å². The number of aliphatic hydroxyl groups is 1. The van der Waals surface area contributed by atoms with Gasteiger partial charge in [0.05, 0.1) is 6.10 Å². The highest BCUT2D eigenvalue weighted by Crippen LogP contribution is 2.21. The van der Waals surface area contributed by atoms with Crippen molar-refractivity contribution in [3.05, 3.63) is 29.6 Å². The number of carbonyl (C=O) groups excluding carboxylic acids is 1. The molecular weight excluding hydrogens is 249 g/mol. The zero-order chi connectivity index (χ0) is 14.3. The monoisotopic (exact) mass is 269 g/mol. The lowest BCUT2D eigenvalue weighted by atomic mass is 10.1. The van der Waals surface area contributed by atoms with Crippen LogP contribution in [0.3, 0.4) is 0 Å². The number of hydrogen-bond donors (Lipinski definition) is 2. The van der Waals surface area contributed by atoms with E-state index in [0.717, 1.165) is 12.8 Å². The van der Waals surface area contributed by atoms with Gasteiger partial charge in [0.2, 0.25) is 0 Å². The van der Waals surface area contributed by atoms with Gasteiger partial charge in [0.15, 0.2) is 18.2 Å². The van der Waals surface area contributed by atoms with E-state index in [0.29, 0.717) is 12.1 Å². The third-order valence-corrected chi connectivity index (χ3v) is 2.65. The summed E-state index contributed by atoms with van der Waals surface area (Å²) >= 11 is 0. The van der Waals surface area contributed by atoms with Gasteiger partial charge in [-0.1, -0.05) is 19.4 Å². The molecule has 0 heterocycles. The second-order valence-corrected chi connectivity index (χ2v) is 4.36. The zero-order valence-corrected chi connectivity index (χ0v) is 11.3. The Morgan fingerprint density at radius 1 is 1.53 bits per heavy atom. The summed E-state index contributed by atoms with van der Waals surface area (Å²) in [6.07, 6.45) is 1.17. The van der Waals surface area contributed by atoms with Gasteiger partial charge in [-0.05, 0) is 31.0 Å². The Bertz CT molecular complexity index is 421. The minimum Gasteiger partial charge on any atom is -0.481 e. The highest BCUT2D eigenvalue weighted by molar-refractivity contribution is 5.77. The molecular formula is C14H20FNO3. The fourth-order valence-electron chi connectivity index (χ4n) is 1.49. The number of unbranched alkanes of at least 4 members (excludes halogenated alkanes) is 1.